The highest BCUT2D eigenvalue weighted by Gasteiger charge is 2.54. The van der Waals surface area contributed by atoms with E-state index in [4.69, 9.17) is 9.47 Å². The van der Waals surface area contributed by atoms with Gasteiger partial charge in [-0.25, -0.2) is 8.78 Å². The second-order valence-electron chi connectivity index (χ2n) is 4.57. The van der Waals surface area contributed by atoms with Crippen molar-refractivity contribution in [1.29, 1.82) is 0 Å². The Morgan fingerprint density at radius 1 is 1.53 bits per heavy atom. The Kier molecular flexibility index (Phi) is 3.63. The second kappa shape index (κ2) is 4.86. The number of rotatable bonds is 3. The number of hydrogen-bond acceptors (Lipinski definition) is 4. The van der Waals surface area contributed by atoms with Gasteiger partial charge in [0.15, 0.2) is 0 Å². The third-order valence-corrected chi connectivity index (χ3v) is 3.34. The number of carbonyl (C=O) groups excluding carboxylic acids is 1. The summed E-state index contributed by atoms with van der Waals surface area (Å²) in [6, 6.07) is -1.05. The zero-order valence-corrected chi connectivity index (χ0v) is 9.75. The number of hydrogen-bond donors (Lipinski definition) is 1. The molecule has 2 unspecified atom stereocenters. The van der Waals surface area contributed by atoms with Crippen LogP contribution < -0.4 is 5.32 Å². The van der Waals surface area contributed by atoms with Crippen molar-refractivity contribution in [1.82, 2.24) is 5.32 Å². The molecule has 4 nitrogen and oxygen atoms in total. The van der Waals surface area contributed by atoms with Crippen molar-refractivity contribution >= 4 is 5.97 Å². The molecular formula is C11H17F2NO3. The maximum Gasteiger partial charge on any atom is 0.306 e. The van der Waals surface area contributed by atoms with Crippen LogP contribution in [0.4, 0.5) is 8.78 Å². The molecule has 0 amide bonds. The zero-order chi connectivity index (χ0) is 12.5. The maximum atomic E-state index is 14.0. The average Bonchev–Trinajstić information content (AvgIpc) is 2.27. The van der Waals surface area contributed by atoms with Gasteiger partial charge in [0.25, 0.3) is 5.92 Å². The smallest absolute Gasteiger partial charge is 0.306 e. The summed E-state index contributed by atoms with van der Waals surface area (Å²) >= 11 is 0. The third-order valence-electron chi connectivity index (χ3n) is 3.34. The van der Waals surface area contributed by atoms with Crippen molar-refractivity contribution in [3.8, 4) is 0 Å². The lowest BCUT2D eigenvalue weighted by molar-refractivity contribution is -0.174. The fraction of sp³-hybridized carbons (Fsp3) is 0.909. The Bertz CT molecular complexity index is 298. The second-order valence-corrected chi connectivity index (χ2v) is 4.57. The van der Waals surface area contributed by atoms with E-state index in [1.54, 1.807) is 6.92 Å². The molecule has 2 rings (SSSR count). The molecule has 1 N–H and O–H groups in total. The van der Waals surface area contributed by atoms with Crippen LogP contribution in [0.15, 0.2) is 0 Å². The Balaban J connectivity index is 2.02. The molecule has 0 saturated carbocycles. The Morgan fingerprint density at radius 3 is 3.00 bits per heavy atom. The van der Waals surface area contributed by atoms with Crippen LogP contribution in [0.25, 0.3) is 0 Å². The van der Waals surface area contributed by atoms with Gasteiger partial charge in [-0.05, 0) is 13.3 Å². The first-order chi connectivity index (χ1) is 8.04. The van der Waals surface area contributed by atoms with Gasteiger partial charge in [0.2, 0.25) is 0 Å². The van der Waals surface area contributed by atoms with Crippen LogP contribution in [-0.4, -0.2) is 43.8 Å². The first kappa shape index (κ1) is 12.7. The van der Waals surface area contributed by atoms with E-state index in [-0.39, 0.29) is 32.1 Å². The molecule has 2 fully saturated rings. The largest absolute Gasteiger partial charge is 0.466 e. The zero-order valence-electron chi connectivity index (χ0n) is 9.75. The molecule has 17 heavy (non-hydrogen) atoms. The van der Waals surface area contributed by atoms with E-state index >= 15 is 0 Å². The van der Waals surface area contributed by atoms with E-state index in [1.807, 2.05) is 0 Å². The van der Waals surface area contributed by atoms with Gasteiger partial charge < -0.3 is 14.8 Å². The molecule has 2 aliphatic heterocycles. The number of fused-ring (bicyclic) bond motifs is 2. The monoisotopic (exact) mass is 249 g/mol. The number of alkyl halides is 2. The van der Waals surface area contributed by atoms with Crippen molar-refractivity contribution in [2.24, 2.45) is 5.92 Å². The molecule has 0 aliphatic carbocycles. The highest BCUT2D eigenvalue weighted by Crippen LogP contribution is 2.39. The lowest BCUT2D eigenvalue weighted by Crippen LogP contribution is -2.64. The topological polar surface area (TPSA) is 47.6 Å². The summed E-state index contributed by atoms with van der Waals surface area (Å²) in [5, 5.41) is 2.85. The van der Waals surface area contributed by atoms with Crippen LogP contribution in [0.2, 0.25) is 0 Å². The van der Waals surface area contributed by atoms with Gasteiger partial charge in [-0.2, -0.15) is 0 Å². The molecule has 2 bridgehead atoms. The van der Waals surface area contributed by atoms with Crippen LogP contribution >= 0.6 is 0 Å². The minimum absolute atomic E-state index is 0.00280. The van der Waals surface area contributed by atoms with E-state index in [0.29, 0.717) is 6.61 Å². The summed E-state index contributed by atoms with van der Waals surface area (Å²) in [6.07, 6.45) is 0.0395. The fourth-order valence-corrected chi connectivity index (χ4v) is 2.49. The van der Waals surface area contributed by atoms with Crippen LogP contribution in [0, 0.1) is 5.92 Å². The molecule has 0 aromatic rings. The Morgan fingerprint density at radius 2 is 2.29 bits per heavy atom. The first-order valence-corrected chi connectivity index (χ1v) is 5.91. The highest BCUT2D eigenvalue weighted by atomic mass is 19.3. The minimum atomic E-state index is -2.91. The number of esters is 1. The average molecular weight is 249 g/mol. The normalized spacial score (nSPS) is 35.4. The van der Waals surface area contributed by atoms with E-state index in [1.165, 1.54) is 0 Å². The van der Waals surface area contributed by atoms with Crippen LogP contribution in [0.1, 0.15) is 19.8 Å². The SMILES string of the molecule is CCOC(=O)C[C@@H]1CC2COCC(N2)C1(F)F. The number of morpholine rings is 1. The molecule has 3 atom stereocenters. The number of halogens is 2. The van der Waals surface area contributed by atoms with Gasteiger partial charge in [0.05, 0.1) is 32.3 Å². The maximum absolute atomic E-state index is 14.0. The predicted octanol–water partition coefficient (Wildman–Crippen LogP) is 0.952. The van der Waals surface area contributed by atoms with E-state index in [0.717, 1.165) is 0 Å². The van der Waals surface area contributed by atoms with Gasteiger partial charge in [-0.3, -0.25) is 4.79 Å². The van der Waals surface area contributed by atoms with E-state index < -0.39 is 23.9 Å². The molecule has 6 heteroatoms. The van der Waals surface area contributed by atoms with Gasteiger partial charge in [0.1, 0.15) is 0 Å². The lowest BCUT2D eigenvalue weighted by Gasteiger charge is -2.45. The van der Waals surface area contributed by atoms with Crippen LogP contribution in [-0.2, 0) is 14.3 Å². The highest BCUT2D eigenvalue weighted by molar-refractivity contribution is 5.69. The molecule has 2 saturated heterocycles. The van der Waals surface area contributed by atoms with Gasteiger partial charge in [0, 0.05) is 12.0 Å². The van der Waals surface area contributed by atoms with Crippen LogP contribution in [0.5, 0.6) is 0 Å². The Labute approximate surface area is 98.6 Å². The number of ether oxygens (including phenoxy) is 2. The molecule has 2 aliphatic rings. The minimum Gasteiger partial charge on any atom is -0.466 e. The molecule has 0 spiro atoms. The summed E-state index contributed by atoms with van der Waals surface area (Å²) in [6.45, 7) is 2.33. The summed E-state index contributed by atoms with van der Waals surface area (Å²) in [4.78, 5) is 11.3. The summed E-state index contributed by atoms with van der Waals surface area (Å²) < 4.78 is 37.8. The predicted molar refractivity (Wildman–Crippen MR) is 55.8 cm³/mol. The Hall–Kier alpha value is -0.750. The van der Waals surface area contributed by atoms with E-state index in [9.17, 15) is 13.6 Å². The van der Waals surface area contributed by atoms with Crippen LogP contribution in [0.3, 0.4) is 0 Å². The van der Waals surface area contributed by atoms with Crippen molar-refractivity contribution in [2.75, 3.05) is 19.8 Å². The summed E-state index contributed by atoms with van der Waals surface area (Å²) in [5.41, 5.74) is 0. The molecule has 0 aromatic carbocycles. The summed E-state index contributed by atoms with van der Waals surface area (Å²) in [7, 11) is 0. The molecule has 0 aromatic heterocycles. The number of nitrogens with one attached hydrogen (secondary N) is 1. The van der Waals surface area contributed by atoms with E-state index in [2.05, 4.69) is 5.32 Å². The van der Waals surface area contributed by atoms with Crippen molar-refractivity contribution < 1.29 is 23.0 Å². The number of carbonyl (C=O) groups is 1. The van der Waals surface area contributed by atoms with Gasteiger partial charge in [-0.15, -0.1) is 0 Å². The van der Waals surface area contributed by atoms with Crippen molar-refractivity contribution in [2.45, 2.75) is 37.8 Å². The molecule has 0 radical (unpaired) electrons. The molecular weight excluding hydrogens is 232 g/mol. The third kappa shape index (κ3) is 2.57. The lowest BCUT2D eigenvalue weighted by atomic mass is 9.81. The number of piperidine rings is 1. The molecule has 98 valence electrons. The van der Waals surface area contributed by atoms with Crippen molar-refractivity contribution in [3.63, 3.8) is 0 Å². The van der Waals surface area contributed by atoms with Gasteiger partial charge in [-0.1, -0.05) is 0 Å². The summed E-state index contributed by atoms with van der Waals surface area (Å²) in [5.74, 6) is -4.40. The van der Waals surface area contributed by atoms with Gasteiger partial charge >= 0.3 is 5.97 Å². The first-order valence-electron chi connectivity index (χ1n) is 5.91. The quantitative estimate of drug-likeness (QED) is 0.757. The standard InChI is InChI=1S/C11H17F2NO3/c1-2-17-10(15)4-7-3-8-5-16-6-9(14-8)11(7,12)13/h7-9,14H,2-6H2,1H3/t7-,8?,9?/m0/s1. The molecule has 2 heterocycles. The fourth-order valence-electron chi connectivity index (χ4n) is 2.49. The van der Waals surface area contributed by atoms with Crippen molar-refractivity contribution in [3.05, 3.63) is 0 Å².